The first kappa shape index (κ1) is 22.4. The molecule has 0 saturated heterocycles. The van der Waals surface area contributed by atoms with Crippen LogP contribution >= 0.6 is 0 Å². The summed E-state index contributed by atoms with van der Waals surface area (Å²) in [4.78, 5) is 36.4. The first-order valence-electron chi connectivity index (χ1n) is 10.1. The molecular formula is C21H31N5O3. The van der Waals surface area contributed by atoms with E-state index in [1.54, 1.807) is 12.1 Å². The van der Waals surface area contributed by atoms with Gasteiger partial charge in [-0.2, -0.15) is 5.10 Å². The van der Waals surface area contributed by atoms with Crippen molar-refractivity contribution in [3.05, 3.63) is 30.3 Å². The van der Waals surface area contributed by atoms with Gasteiger partial charge < -0.3 is 16.4 Å². The second kappa shape index (κ2) is 11.2. The van der Waals surface area contributed by atoms with E-state index in [-0.39, 0.29) is 11.9 Å². The maximum atomic E-state index is 12.8. The fraction of sp³-hybridized carbons (Fsp3) is 0.524. The number of rotatable bonds is 8. The Morgan fingerprint density at radius 3 is 2.41 bits per heavy atom. The molecule has 1 aromatic carbocycles. The molecule has 1 fully saturated rings. The fourth-order valence-electron chi connectivity index (χ4n) is 3.61. The topological polar surface area (TPSA) is 126 Å². The molecular weight excluding hydrogens is 370 g/mol. The smallest absolute Gasteiger partial charge is 0.339 e. The van der Waals surface area contributed by atoms with Crippen molar-refractivity contribution in [1.29, 1.82) is 0 Å². The second-order valence-corrected chi connectivity index (χ2v) is 7.85. The Kier molecular flexibility index (Phi) is 8.64. The third kappa shape index (κ3) is 7.56. The molecule has 0 heterocycles. The van der Waals surface area contributed by atoms with Crippen LogP contribution in [0.3, 0.4) is 0 Å². The molecule has 0 bridgehead atoms. The molecule has 29 heavy (non-hydrogen) atoms. The average Bonchev–Trinajstić information content (AvgIpc) is 2.68. The molecule has 2 rings (SSSR count). The summed E-state index contributed by atoms with van der Waals surface area (Å²) in [7, 11) is 0. The number of nitrogens with one attached hydrogen (secondary N) is 3. The fourth-order valence-corrected chi connectivity index (χ4v) is 3.61. The summed E-state index contributed by atoms with van der Waals surface area (Å²) in [5.74, 6) is -1.12. The van der Waals surface area contributed by atoms with E-state index in [9.17, 15) is 14.4 Å². The predicted molar refractivity (Wildman–Crippen MR) is 113 cm³/mol. The number of hydrogen-bond acceptors (Lipinski definition) is 4. The Labute approximate surface area is 171 Å². The molecule has 4 amide bonds. The number of hydrogen-bond donors (Lipinski definition) is 4. The third-order valence-electron chi connectivity index (χ3n) is 4.97. The highest BCUT2D eigenvalue weighted by atomic mass is 16.2. The van der Waals surface area contributed by atoms with Crippen LogP contribution in [-0.4, -0.2) is 30.1 Å². The highest BCUT2D eigenvalue weighted by Crippen LogP contribution is 2.30. The summed E-state index contributed by atoms with van der Waals surface area (Å²) >= 11 is 0. The lowest BCUT2D eigenvalue weighted by Gasteiger charge is -2.29. The zero-order valence-electron chi connectivity index (χ0n) is 17.1. The second-order valence-electron chi connectivity index (χ2n) is 7.85. The standard InChI is InChI=1S/C21H31N5O3/c1-14(2)12-16(13-23-26-21(29)25-15-8-4-3-5-9-15)24-20(28)18-11-7-6-10-17(18)19(22)27/h3-5,8-9,13-14,16-18H,6-7,10-12H2,1-2H3,(H2,22,27)(H,24,28)(H2,25,26,29)/t16?,17-,18+/m0/s1. The van der Waals surface area contributed by atoms with Crippen molar-refractivity contribution in [3.63, 3.8) is 0 Å². The van der Waals surface area contributed by atoms with Gasteiger partial charge in [0.2, 0.25) is 11.8 Å². The number of benzene rings is 1. The van der Waals surface area contributed by atoms with Gasteiger partial charge in [-0.1, -0.05) is 44.9 Å². The van der Waals surface area contributed by atoms with Crippen molar-refractivity contribution in [2.45, 2.75) is 52.0 Å². The minimum atomic E-state index is -0.469. The minimum Gasteiger partial charge on any atom is -0.369 e. The first-order chi connectivity index (χ1) is 13.9. The number of primary amides is 1. The quantitative estimate of drug-likeness (QED) is 0.395. The molecule has 0 spiro atoms. The molecule has 1 aliphatic carbocycles. The van der Waals surface area contributed by atoms with Gasteiger partial charge in [0.05, 0.1) is 6.04 Å². The van der Waals surface area contributed by atoms with Crippen molar-refractivity contribution in [2.24, 2.45) is 28.6 Å². The summed E-state index contributed by atoms with van der Waals surface area (Å²) < 4.78 is 0. The lowest BCUT2D eigenvalue weighted by Crippen LogP contribution is -2.46. The normalized spacial score (nSPS) is 20.2. The van der Waals surface area contributed by atoms with E-state index in [2.05, 4.69) is 21.2 Å². The predicted octanol–water partition coefficient (Wildman–Crippen LogP) is 2.62. The van der Waals surface area contributed by atoms with Crippen LogP contribution in [0.1, 0.15) is 46.0 Å². The Balaban J connectivity index is 1.93. The van der Waals surface area contributed by atoms with Gasteiger partial charge in [0.15, 0.2) is 0 Å². The molecule has 1 unspecified atom stereocenters. The lowest BCUT2D eigenvalue weighted by atomic mass is 9.78. The molecule has 1 aliphatic rings. The van der Waals surface area contributed by atoms with E-state index in [1.807, 2.05) is 32.0 Å². The summed E-state index contributed by atoms with van der Waals surface area (Å²) in [5.41, 5.74) is 8.55. The molecule has 0 aliphatic heterocycles. The average molecular weight is 402 g/mol. The van der Waals surface area contributed by atoms with Gasteiger partial charge in [-0.25, -0.2) is 10.2 Å². The van der Waals surface area contributed by atoms with Crippen molar-refractivity contribution in [2.75, 3.05) is 5.32 Å². The number of hydrazone groups is 1. The zero-order chi connectivity index (χ0) is 21.2. The highest BCUT2D eigenvalue weighted by molar-refractivity contribution is 5.90. The van der Waals surface area contributed by atoms with Crippen LogP contribution in [0.15, 0.2) is 35.4 Å². The number of carbonyl (C=O) groups is 3. The third-order valence-corrected chi connectivity index (χ3v) is 4.97. The SMILES string of the molecule is CC(C)CC(C=NNC(=O)Nc1ccccc1)NC(=O)[C@@H]1CCCC[C@@H]1C(N)=O. The van der Waals surface area contributed by atoms with E-state index in [0.29, 0.717) is 30.9 Å². The van der Waals surface area contributed by atoms with Gasteiger partial charge in [-0.05, 0) is 37.3 Å². The van der Waals surface area contributed by atoms with Crippen molar-refractivity contribution < 1.29 is 14.4 Å². The van der Waals surface area contributed by atoms with Crippen LogP contribution in [0.2, 0.25) is 0 Å². The molecule has 5 N–H and O–H groups in total. The van der Waals surface area contributed by atoms with Gasteiger partial charge in [0.1, 0.15) is 0 Å². The van der Waals surface area contributed by atoms with E-state index in [0.717, 1.165) is 12.8 Å². The minimum absolute atomic E-state index is 0.181. The van der Waals surface area contributed by atoms with Crippen LogP contribution in [0.25, 0.3) is 0 Å². The summed E-state index contributed by atoms with van der Waals surface area (Å²) in [6.45, 7) is 4.07. The van der Waals surface area contributed by atoms with Crippen LogP contribution in [0, 0.1) is 17.8 Å². The Bertz CT molecular complexity index is 720. The van der Waals surface area contributed by atoms with Gasteiger partial charge in [0, 0.05) is 23.7 Å². The maximum Gasteiger partial charge on any atom is 0.339 e. The van der Waals surface area contributed by atoms with Gasteiger partial charge >= 0.3 is 6.03 Å². The molecule has 158 valence electrons. The van der Waals surface area contributed by atoms with E-state index < -0.39 is 23.8 Å². The molecule has 1 aromatic rings. The number of anilines is 1. The molecule has 3 atom stereocenters. The maximum absolute atomic E-state index is 12.8. The number of nitrogens with two attached hydrogens (primary N) is 1. The molecule has 1 saturated carbocycles. The molecule has 8 heteroatoms. The lowest BCUT2D eigenvalue weighted by molar-refractivity contribution is -0.135. The van der Waals surface area contributed by atoms with E-state index >= 15 is 0 Å². The number of urea groups is 1. The summed E-state index contributed by atoms with van der Waals surface area (Å²) in [6, 6.07) is 8.21. The molecule has 8 nitrogen and oxygen atoms in total. The van der Waals surface area contributed by atoms with Crippen LogP contribution in [0.5, 0.6) is 0 Å². The molecule has 0 aromatic heterocycles. The van der Waals surface area contributed by atoms with Crippen LogP contribution < -0.4 is 21.8 Å². The number of para-hydroxylation sites is 1. The van der Waals surface area contributed by atoms with E-state index in [4.69, 9.17) is 5.73 Å². The monoisotopic (exact) mass is 401 g/mol. The first-order valence-corrected chi connectivity index (χ1v) is 10.1. The number of amides is 4. The van der Waals surface area contributed by atoms with E-state index in [1.165, 1.54) is 6.21 Å². The van der Waals surface area contributed by atoms with Crippen molar-refractivity contribution in [1.82, 2.24) is 10.7 Å². The Hall–Kier alpha value is -2.90. The van der Waals surface area contributed by atoms with Crippen LogP contribution in [0.4, 0.5) is 10.5 Å². The van der Waals surface area contributed by atoms with Crippen LogP contribution in [-0.2, 0) is 9.59 Å². The zero-order valence-corrected chi connectivity index (χ0v) is 17.1. The summed E-state index contributed by atoms with van der Waals surface area (Å²) in [6.07, 6.45) is 5.30. The Morgan fingerprint density at radius 1 is 1.14 bits per heavy atom. The largest absolute Gasteiger partial charge is 0.369 e. The van der Waals surface area contributed by atoms with Gasteiger partial charge in [0.25, 0.3) is 0 Å². The number of nitrogens with zero attached hydrogens (tertiary/aromatic N) is 1. The van der Waals surface area contributed by atoms with Gasteiger partial charge in [-0.3, -0.25) is 9.59 Å². The summed E-state index contributed by atoms with van der Waals surface area (Å²) in [5, 5.41) is 9.60. The number of carbonyl (C=O) groups excluding carboxylic acids is 3. The van der Waals surface area contributed by atoms with Gasteiger partial charge in [-0.15, -0.1) is 0 Å². The van der Waals surface area contributed by atoms with Crippen molar-refractivity contribution >= 4 is 29.7 Å². The Morgan fingerprint density at radius 2 is 1.79 bits per heavy atom. The van der Waals surface area contributed by atoms with Crippen molar-refractivity contribution in [3.8, 4) is 0 Å². The highest BCUT2D eigenvalue weighted by Gasteiger charge is 2.35. The molecule has 0 radical (unpaired) electrons.